The maximum atomic E-state index is 14.4. The molecule has 1 saturated heterocycles. The molecular weight excluding hydrogens is 809 g/mol. The number of aliphatic hydroxyl groups excluding tert-OH is 2. The van der Waals surface area contributed by atoms with E-state index in [1.54, 1.807) is 25.2 Å². The van der Waals surface area contributed by atoms with Crippen molar-refractivity contribution in [2.45, 2.75) is 83.8 Å². The molecule has 1 heterocycles. The van der Waals surface area contributed by atoms with Crippen LogP contribution in [0.3, 0.4) is 0 Å². The molecule has 7 rings (SSSR count). The van der Waals surface area contributed by atoms with Crippen LogP contribution in [0.2, 0.25) is 0 Å². The second kappa shape index (κ2) is 19.7. The van der Waals surface area contributed by atoms with Crippen LogP contribution in [0, 0.1) is 29.1 Å². The summed E-state index contributed by atoms with van der Waals surface area (Å²) in [7, 11) is 3.93. The summed E-state index contributed by atoms with van der Waals surface area (Å²) >= 11 is 0. The van der Waals surface area contributed by atoms with Gasteiger partial charge >= 0.3 is 0 Å². The fourth-order valence-electron chi connectivity index (χ4n) is 10.2. The number of rotatable bonds is 19. The van der Waals surface area contributed by atoms with Crippen LogP contribution in [0.5, 0.6) is 5.75 Å². The standard InChI is InChI=1S/C47H68N6O8S/c1-29-39-24-35(47(39,3)4)25-40(29)50-46(57)43-42(30(2)55)41(28-54)61-53(43)26-32-16-13-17-38(44(32)60-8)33-21-34(23-37(22-33)52(7)19-18-48-62(9,58)59)45(56)49-36(27-51(5)6)20-31-14-11-10-12-15-31/h10-17,21-23,29-30,35-36,39-43,48,54-55H,18-20,24-28H2,1-9H3,(H,49,56)(H,50,57)/t29-,30-,35?,36-,39-,40-,41-,42+,43-/m0/s1. The molecule has 1 aliphatic heterocycles. The van der Waals surface area contributed by atoms with E-state index in [0.29, 0.717) is 71.0 Å². The summed E-state index contributed by atoms with van der Waals surface area (Å²) in [6.07, 6.45) is 2.07. The number of benzene rings is 3. The number of sulfonamides is 1. The van der Waals surface area contributed by atoms with Gasteiger partial charge in [-0.1, -0.05) is 69.3 Å². The van der Waals surface area contributed by atoms with Crippen molar-refractivity contribution in [2.75, 3.05) is 65.6 Å². The molecule has 3 aromatic rings. The average molecular weight is 877 g/mol. The van der Waals surface area contributed by atoms with Crippen molar-refractivity contribution in [1.82, 2.24) is 25.3 Å². The Bertz CT molecular complexity index is 2140. The van der Waals surface area contributed by atoms with Crippen LogP contribution in [-0.2, 0) is 32.6 Å². The number of nitrogens with zero attached hydrogens (tertiary/aromatic N) is 3. The Morgan fingerprint density at radius 3 is 2.39 bits per heavy atom. The first-order valence-corrected chi connectivity index (χ1v) is 23.7. The van der Waals surface area contributed by atoms with E-state index < -0.39 is 34.2 Å². The Morgan fingerprint density at radius 1 is 1.05 bits per heavy atom. The SMILES string of the molecule is COc1c(CN2O[C@@H](CO)[C@@H]([C@H](C)O)[C@H]2C(=O)N[C@H]2CC3C[C@@H]([C@@H]2C)C3(C)C)cccc1-c1cc(C(=O)N[C@@H](Cc2ccccc2)CN(C)C)cc(N(C)CCNS(C)(=O)=O)c1. The highest BCUT2D eigenvalue weighted by Gasteiger charge is 2.57. The molecule has 14 nitrogen and oxygen atoms in total. The van der Waals surface area contributed by atoms with Crippen molar-refractivity contribution in [3.05, 3.63) is 83.4 Å². The van der Waals surface area contributed by atoms with Gasteiger partial charge < -0.3 is 35.4 Å². The Labute approximate surface area is 368 Å². The normalized spacial score (nSPS) is 25.5. The first-order chi connectivity index (χ1) is 29.3. The van der Waals surface area contributed by atoms with Crippen LogP contribution in [0.1, 0.15) is 62.0 Å². The van der Waals surface area contributed by atoms with Gasteiger partial charge in [0.15, 0.2) is 0 Å². The molecule has 4 aliphatic rings. The molecule has 1 unspecified atom stereocenters. The third kappa shape index (κ3) is 10.8. The summed E-state index contributed by atoms with van der Waals surface area (Å²) in [4.78, 5) is 38.9. The van der Waals surface area contributed by atoms with Gasteiger partial charge in [0, 0.05) is 67.1 Å². The van der Waals surface area contributed by atoms with Gasteiger partial charge in [0.25, 0.3) is 5.91 Å². The maximum Gasteiger partial charge on any atom is 0.251 e. The molecule has 2 bridgehead atoms. The molecule has 2 amide bonds. The highest BCUT2D eigenvalue weighted by molar-refractivity contribution is 7.88. The van der Waals surface area contributed by atoms with Gasteiger partial charge in [-0.05, 0) is 92.8 Å². The molecule has 3 aliphatic carbocycles. The maximum absolute atomic E-state index is 14.4. The molecule has 62 heavy (non-hydrogen) atoms. The average Bonchev–Trinajstić information content (AvgIpc) is 3.59. The zero-order chi connectivity index (χ0) is 45.1. The molecule has 0 aromatic heterocycles. The molecule has 340 valence electrons. The molecule has 3 saturated carbocycles. The lowest BCUT2D eigenvalue weighted by Gasteiger charge is -2.62. The van der Waals surface area contributed by atoms with E-state index in [4.69, 9.17) is 9.57 Å². The number of aliphatic hydroxyl groups is 2. The van der Waals surface area contributed by atoms with E-state index in [2.05, 4.69) is 36.1 Å². The largest absolute Gasteiger partial charge is 0.496 e. The first-order valence-electron chi connectivity index (χ1n) is 21.8. The molecule has 0 radical (unpaired) electrons. The topological polar surface area (TPSA) is 173 Å². The number of amides is 2. The van der Waals surface area contributed by atoms with Gasteiger partial charge in [0.05, 0.1) is 32.6 Å². The van der Waals surface area contributed by atoms with Crippen molar-refractivity contribution >= 4 is 27.5 Å². The number of nitrogens with one attached hydrogen (secondary N) is 3. The number of hydrogen-bond acceptors (Lipinski definition) is 11. The number of fused-ring (bicyclic) bond motifs is 2. The van der Waals surface area contributed by atoms with E-state index in [9.17, 15) is 28.2 Å². The molecule has 9 atom stereocenters. The van der Waals surface area contributed by atoms with Crippen molar-refractivity contribution in [2.24, 2.45) is 29.1 Å². The Balaban J connectivity index is 1.32. The van der Waals surface area contributed by atoms with Crippen molar-refractivity contribution in [3.8, 4) is 16.9 Å². The molecule has 3 aromatic carbocycles. The van der Waals surface area contributed by atoms with Gasteiger partial charge in [-0.3, -0.25) is 14.4 Å². The Morgan fingerprint density at radius 2 is 1.77 bits per heavy atom. The highest BCUT2D eigenvalue weighted by Crippen LogP contribution is 2.61. The molecule has 5 N–H and O–H groups in total. The molecule has 0 spiro atoms. The minimum Gasteiger partial charge on any atom is -0.496 e. The van der Waals surface area contributed by atoms with E-state index in [1.807, 2.05) is 91.6 Å². The molecular formula is C47H68N6O8S. The number of carbonyl (C=O) groups excluding carboxylic acids is 2. The molecule has 15 heteroatoms. The minimum atomic E-state index is -3.41. The summed E-state index contributed by atoms with van der Waals surface area (Å²) in [6, 6.07) is 20.2. The van der Waals surface area contributed by atoms with Gasteiger partial charge in [-0.25, -0.2) is 13.1 Å². The number of likely N-dealkylation sites (N-methyl/N-ethyl adjacent to an activating group) is 2. The fourth-order valence-corrected chi connectivity index (χ4v) is 10.7. The van der Waals surface area contributed by atoms with Crippen LogP contribution in [-0.4, -0.2) is 131 Å². The van der Waals surface area contributed by atoms with Crippen LogP contribution < -0.4 is 25.0 Å². The van der Waals surface area contributed by atoms with Gasteiger partial charge in [0.1, 0.15) is 17.9 Å². The lowest BCUT2D eigenvalue weighted by atomic mass is 9.45. The minimum absolute atomic E-state index is 0.00252. The lowest BCUT2D eigenvalue weighted by molar-refractivity contribution is -0.183. The quantitative estimate of drug-likeness (QED) is 0.118. The van der Waals surface area contributed by atoms with Crippen molar-refractivity contribution in [1.29, 1.82) is 0 Å². The third-order valence-corrected chi connectivity index (χ3v) is 14.4. The second-order valence-corrected chi connectivity index (χ2v) is 20.5. The lowest BCUT2D eigenvalue weighted by Crippen LogP contribution is -2.62. The highest BCUT2D eigenvalue weighted by atomic mass is 32.2. The van der Waals surface area contributed by atoms with E-state index in [-0.39, 0.29) is 49.0 Å². The van der Waals surface area contributed by atoms with E-state index in [0.717, 1.165) is 18.2 Å². The molecule has 4 fully saturated rings. The van der Waals surface area contributed by atoms with E-state index in [1.165, 1.54) is 6.42 Å². The summed E-state index contributed by atoms with van der Waals surface area (Å²) in [5.74, 6) is 0.662. The first kappa shape index (κ1) is 47.4. The predicted molar refractivity (Wildman–Crippen MR) is 242 cm³/mol. The summed E-state index contributed by atoms with van der Waals surface area (Å²) in [6.45, 7) is 9.32. The fraction of sp³-hybridized carbons (Fsp3) is 0.574. The zero-order valence-corrected chi connectivity index (χ0v) is 38.6. The van der Waals surface area contributed by atoms with Crippen LogP contribution in [0.4, 0.5) is 5.69 Å². The van der Waals surface area contributed by atoms with Crippen molar-refractivity contribution < 1.29 is 37.8 Å². The summed E-state index contributed by atoms with van der Waals surface area (Å²) < 4.78 is 32.5. The van der Waals surface area contributed by atoms with Gasteiger partial charge in [-0.2, -0.15) is 5.06 Å². The smallest absolute Gasteiger partial charge is 0.251 e. The Kier molecular flexibility index (Phi) is 15.1. The summed E-state index contributed by atoms with van der Waals surface area (Å²) in [5.41, 5.74) is 4.50. The monoisotopic (exact) mass is 876 g/mol. The van der Waals surface area contributed by atoms with Crippen LogP contribution in [0.15, 0.2) is 66.7 Å². The predicted octanol–water partition coefficient (Wildman–Crippen LogP) is 3.91. The second-order valence-electron chi connectivity index (χ2n) is 18.7. The number of para-hydroxylation sites is 1. The number of hydrogen-bond donors (Lipinski definition) is 5. The number of ether oxygens (including phenoxy) is 1. The number of carbonyl (C=O) groups is 2. The van der Waals surface area contributed by atoms with Crippen LogP contribution >= 0.6 is 0 Å². The zero-order valence-electron chi connectivity index (χ0n) is 37.8. The number of hydroxylamine groups is 2. The Hall–Kier alpha value is -4.09. The van der Waals surface area contributed by atoms with Gasteiger partial charge in [-0.15, -0.1) is 0 Å². The number of methoxy groups -OCH3 is 1. The number of anilines is 1. The van der Waals surface area contributed by atoms with Crippen molar-refractivity contribution in [3.63, 3.8) is 0 Å². The third-order valence-electron chi connectivity index (χ3n) is 13.7. The summed E-state index contributed by atoms with van der Waals surface area (Å²) in [5, 5.41) is 29.7. The van der Waals surface area contributed by atoms with Gasteiger partial charge in [0.2, 0.25) is 15.9 Å². The van der Waals surface area contributed by atoms with Crippen LogP contribution in [0.25, 0.3) is 11.1 Å². The van der Waals surface area contributed by atoms with E-state index >= 15 is 0 Å².